The van der Waals surface area contributed by atoms with Gasteiger partial charge >= 0.3 is 0 Å². The number of aromatic hydroxyl groups is 1. The summed E-state index contributed by atoms with van der Waals surface area (Å²) < 4.78 is 11.5. The first-order valence-corrected chi connectivity index (χ1v) is 12.5. The average Bonchev–Trinajstić information content (AvgIpc) is 2.84. The van der Waals surface area contributed by atoms with Gasteiger partial charge in [-0.15, -0.1) is 0 Å². The van der Waals surface area contributed by atoms with E-state index in [1.54, 1.807) is 20.3 Å². The van der Waals surface area contributed by atoms with Crippen molar-refractivity contribution in [2.24, 2.45) is 0 Å². The number of aromatic amines is 1. The van der Waals surface area contributed by atoms with E-state index in [9.17, 15) is 14.7 Å². The van der Waals surface area contributed by atoms with Crippen molar-refractivity contribution in [2.45, 2.75) is 18.0 Å². The number of rotatable bonds is 11. The predicted octanol–water partition coefficient (Wildman–Crippen LogP) is 3.96. The second-order valence-electron chi connectivity index (χ2n) is 7.41. The molecule has 35 heavy (non-hydrogen) atoms. The first-order valence-electron chi connectivity index (χ1n) is 10.7. The molecule has 3 aromatic rings. The lowest BCUT2D eigenvalue weighted by Crippen LogP contribution is -2.27. The summed E-state index contributed by atoms with van der Waals surface area (Å²) in [6, 6.07) is 13.3. The minimum absolute atomic E-state index is 0.0520. The summed E-state index contributed by atoms with van der Waals surface area (Å²) in [5.74, 6) is 0.872. The van der Waals surface area contributed by atoms with Crippen LogP contribution >= 0.6 is 27.7 Å². The minimum atomic E-state index is -0.531. The Labute approximate surface area is 215 Å². The van der Waals surface area contributed by atoms with E-state index in [-0.39, 0.29) is 34.7 Å². The Kier molecular flexibility index (Phi) is 9.80. The summed E-state index contributed by atoms with van der Waals surface area (Å²) in [7, 11) is 3.15. The third-order valence-electron chi connectivity index (χ3n) is 4.98. The van der Waals surface area contributed by atoms with Gasteiger partial charge in [0, 0.05) is 17.4 Å². The van der Waals surface area contributed by atoms with Crippen LogP contribution in [0.15, 0.2) is 63.0 Å². The van der Waals surface area contributed by atoms with Gasteiger partial charge in [0.05, 0.1) is 25.5 Å². The van der Waals surface area contributed by atoms with Gasteiger partial charge in [0.1, 0.15) is 0 Å². The van der Waals surface area contributed by atoms with E-state index >= 15 is 0 Å². The number of carbonyl (C=O) groups is 1. The highest BCUT2D eigenvalue weighted by molar-refractivity contribution is 9.10. The molecule has 0 bridgehead atoms. The molecule has 184 valence electrons. The molecule has 3 rings (SSSR count). The SMILES string of the molecule is COc1ccc(CCNC(=O)CSc2nc(=O)c(CC=Cc3cccc(Br)c3)c(O)[nH]2)cc1OC. The molecule has 0 aliphatic heterocycles. The molecular weight excluding hydrogens is 534 g/mol. The van der Waals surface area contributed by atoms with Crippen LogP contribution in [0.3, 0.4) is 0 Å². The lowest BCUT2D eigenvalue weighted by Gasteiger charge is -2.10. The van der Waals surface area contributed by atoms with Crippen molar-refractivity contribution in [1.82, 2.24) is 15.3 Å². The molecule has 0 radical (unpaired) electrons. The molecule has 8 nitrogen and oxygen atoms in total. The topological polar surface area (TPSA) is 114 Å². The second-order valence-corrected chi connectivity index (χ2v) is 9.29. The zero-order chi connectivity index (χ0) is 25.2. The first-order chi connectivity index (χ1) is 16.9. The number of methoxy groups -OCH3 is 2. The van der Waals surface area contributed by atoms with Crippen LogP contribution in [0.1, 0.15) is 16.7 Å². The van der Waals surface area contributed by atoms with Crippen LogP contribution < -0.4 is 20.3 Å². The highest BCUT2D eigenvalue weighted by atomic mass is 79.9. The van der Waals surface area contributed by atoms with Crippen molar-refractivity contribution < 1.29 is 19.4 Å². The summed E-state index contributed by atoms with van der Waals surface area (Å²) in [5, 5.41) is 13.3. The van der Waals surface area contributed by atoms with Gasteiger partial charge in [-0.1, -0.05) is 58.0 Å². The average molecular weight is 560 g/mol. The van der Waals surface area contributed by atoms with E-state index in [2.05, 4.69) is 31.2 Å². The highest BCUT2D eigenvalue weighted by Gasteiger charge is 2.12. The van der Waals surface area contributed by atoms with Gasteiger partial charge in [-0.25, -0.2) is 0 Å². The summed E-state index contributed by atoms with van der Waals surface area (Å²) >= 11 is 4.46. The molecule has 1 amide bonds. The van der Waals surface area contributed by atoms with Gasteiger partial charge in [0.2, 0.25) is 5.91 Å². The number of halogens is 1. The lowest BCUT2D eigenvalue weighted by molar-refractivity contribution is -0.118. The number of thioether (sulfide) groups is 1. The van der Waals surface area contributed by atoms with Gasteiger partial charge in [-0.2, -0.15) is 4.98 Å². The maximum absolute atomic E-state index is 12.4. The van der Waals surface area contributed by atoms with Crippen LogP contribution in [0, 0.1) is 0 Å². The van der Waals surface area contributed by atoms with Gasteiger partial charge < -0.3 is 24.9 Å². The normalized spacial score (nSPS) is 10.9. The van der Waals surface area contributed by atoms with Crippen molar-refractivity contribution in [1.29, 1.82) is 0 Å². The number of hydrogen-bond acceptors (Lipinski definition) is 7. The maximum atomic E-state index is 12.4. The molecular formula is C25H26BrN3O5S. The molecule has 0 aliphatic carbocycles. The standard InChI is InChI=1S/C25H26BrN3O5S/c1-33-20-10-9-17(14-21(20)34-2)11-12-27-22(30)15-35-25-28-23(31)19(24(32)29-25)8-4-6-16-5-3-7-18(26)13-16/h3-7,9-10,13-14H,8,11-12,15H2,1-2H3,(H,27,30)(H2,28,29,31,32). The van der Waals surface area contributed by atoms with Crippen LogP contribution in [0.2, 0.25) is 0 Å². The zero-order valence-electron chi connectivity index (χ0n) is 19.3. The van der Waals surface area contributed by atoms with Crippen molar-refractivity contribution in [2.75, 3.05) is 26.5 Å². The van der Waals surface area contributed by atoms with E-state index in [1.807, 2.05) is 48.5 Å². The van der Waals surface area contributed by atoms with Gasteiger partial charge in [-0.3, -0.25) is 9.59 Å². The van der Waals surface area contributed by atoms with Crippen LogP contribution in [-0.4, -0.2) is 47.5 Å². The summed E-state index contributed by atoms with van der Waals surface area (Å²) in [5.41, 5.74) is 1.60. The van der Waals surface area contributed by atoms with E-state index < -0.39 is 5.56 Å². The fourth-order valence-corrected chi connectivity index (χ4v) is 4.31. The number of carbonyl (C=O) groups excluding carboxylic acids is 1. The second kappa shape index (κ2) is 13.0. The number of benzene rings is 2. The zero-order valence-corrected chi connectivity index (χ0v) is 21.7. The van der Waals surface area contributed by atoms with Crippen LogP contribution in [0.5, 0.6) is 17.4 Å². The Morgan fingerprint density at radius 3 is 2.71 bits per heavy atom. The quantitative estimate of drug-likeness (QED) is 0.240. The van der Waals surface area contributed by atoms with Crippen LogP contribution in [-0.2, 0) is 17.6 Å². The largest absolute Gasteiger partial charge is 0.494 e. The maximum Gasteiger partial charge on any atom is 0.281 e. The molecule has 0 unspecified atom stereocenters. The van der Waals surface area contributed by atoms with E-state index in [1.165, 1.54) is 0 Å². The Hall–Kier alpha value is -3.24. The van der Waals surface area contributed by atoms with Gasteiger partial charge in [0.25, 0.3) is 5.56 Å². The van der Waals surface area contributed by atoms with Crippen molar-refractivity contribution >= 4 is 39.7 Å². The number of ether oxygens (including phenoxy) is 2. The fourth-order valence-electron chi connectivity index (χ4n) is 3.21. The molecule has 0 saturated carbocycles. The number of H-pyrrole nitrogens is 1. The molecule has 1 heterocycles. The third kappa shape index (κ3) is 7.90. The van der Waals surface area contributed by atoms with E-state index in [4.69, 9.17) is 9.47 Å². The number of aromatic nitrogens is 2. The Morgan fingerprint density at radius 1 is 1.20 bits per heavy atom. The van der Waals surface area contributed by atoms with Gasteiger partial charge in [-0.05, 0) is 41.8 Å². The number of nitrogens with one attached hydrogen (secondary N) is 2. The minimum Gasteiger partial charge on any atom is -0.494 e. The molecule has 0 saturated heterocycles. The molecule has 0 atom stereocenters. The smallest absolute Gasteiger partial charge is 0.281 e. The highest BCUT2D eigenvalue weighted by Crippen LogP contribution is 2.27. The predicted molar refractivity (Wildman–Crippen MR) is 140 cm³/mol. The molecule has 0 spiro atoms. The summed E-state index contributed by atoms with van der Waals surface area (Å²) in [6.07, 6.45) is 4.49. The Morgan fingerprint density at radius 2 is 2.00 bits per heavy atom. The Balaban J connectivity index is 1.49. The summed E-state index contributed by atoms with van der Waals surface area (Å²) in [6.45, 7) is 0.438. The molecule has 0 fully saturated rings. The number of nitrogens with zero attached hydrogens (tertiary/aromatic N) is 1. The lowest BCUT2D eigenvalue weighted by atomic mass is 10.1. The Bertz CT molecular complexity index is 1260. The number of allylic oxidation sites excluding steroid dienone is 1. The summed E-state index contributed by atoms with van der Waals surface area (Å²) in [4.78, 5) is 31.2. The van der Waals surface area contributed by atoms with Crippen molar-refractivity contribution in [3.63, 3.8) is 0 Å². The van der Waals surface area contributed by atoms with E-state index in [0.717, 1.165) is 27.4 Å². The van der Waals surface area contributed by atoms with E-state index in [0.29, 0.717) is 24.5 Å². The van der Waals surface area contributed by atoms with Crippen molar-refractivity contribution in [3.05, 3.63) is 80.1 Å². The molecule has 3 N–H and O–H groups in total. The molecule has 0 aliphatic rings. The number of amides is 1. The van der Waals surface area contributed by atoms with Crippen LogP contribution in [0.25, 0.3) is 6.08 Å². The van der Waals surface area contributed by atoms with Crippen LogP contribution in [0.4, 0.5) is 0 Å². The first kappa shape index (κ1) is 26.4. The molecule has 1 aromatic heterocycles. The molecule has 2 aromatic carbocycles. The third-order valence-corrected chi connectivity index (χ3v) is 6.34. The fraction of sp³-hybridized carbons (Fsp3) is 0.240. The van der Waals surface area contributed by atoms with Gasteiger partial charge in [0.15, 0.2) is 22.5 Å². The monoisotopic (exact) mass is 559 g/mol. The molecule has 10 heteroatoms. The van der Waals surface area contributed by atoms with Crippen molar-refractivity contribution in [3.8, 4) is 17.4 Å². The number of hydrogen-bond donors (Lipinski definition) is 3.